The highest BCUT2D eigenvalue weighted by atomic mass is 16.5. The van der Waals surface area contributed by atoms with E-state index < -0.39 is 11.8 Å². The molecule has 0 unspecified atom stereocenters. The fourth-order valence-electron chi connectivity index (χ4n) is 4.00. The second-order valence-corrected chi connectivity index (χ2v) is 9.24. The number of rotatable bonds is 5. The predicted octanol–water partition coefficient (Wildman–Crippen LogP) is 2.78. The molecule has 1 N–H and O–H groups in total. The number of nitrogens with one attached hydrogen (secondary N) is 1. The Bertz CT molecular complexity index is 987. The SMILES string of the molecule is COC(=O)c1ccc(CCNC(=O)C(=O)N2CCN(c3ccccc3C(C)(C)C)CC2)cc1. The Morgan fingerprint density at radius 3 is 2.18 bits per heavy atom. The van der Waals surface area contributed by atoms with Crippen LogP contribution in [0.4, 0.5) is 5.69 Å². The number of benzene rings is 2. The molecule has 3 rings (SSSR count). The molecule has 2 aromatic rings. The minimum atomic E-state index is -0.579. The van der Waals surface area contributed by atoms with Crippen molar-refractivity contribution in [1.82, 2.24) is 10.2 Å². The largest absolute Gasteiger partial charge is 0.465 e. The highest BCUT2D eigenvalue weighted by molar-refractivity contribution is 6.35. The summed E-state index contributed by atoms with van der Waals surface area (Å²) in [6.45, 7) is 9.36. The fourth-order valence-corrected chi connectivity index (χ4v) is 4.00. The number of para-hydroxylation sites is 1. The molecule has 1 aliphatic heterocycles. The van der Waals surface area contributed by atoms with Gasteiger partial charge in [-0.15, -0.1) is 0 Å². The second-order valence-electron chi connectivity index (χ2n) is 9.24. The maximum absolute atomic E-state index is 12.6. The molecule has 0 radical (unpaired) electrons. The van der Waals surface area contributed by atoms with E-state index in [1.807, 2.05) is 18.2 Å². The smallest absolute Gasteiger partial charge is 0.337 e. The lowest BCUT2D eigenvalue weighted by Gasteiger charge is -2.38. The average molecular weight is 452 g/mol. The number of ether oxygens (including phenoxy) is 1. The van der Waals surface area contributed by atoms with Crippen molar-refractivity contribution < 1.29 is 19.1 Å². The van der Waals surface area contributed by atoms with Crippen molar-refractivity contribution >= 4 is 23.5 Å². The highest BCUT2D eigenvalue weighted by Gasteiger charge is 2.28. The summed E-state index contributed by atoms with van der Waals surface area (Å²) >= 11 is 0. The molecule has 33 heavy (non-hydrogen) atoms. The Balaban J connectivity index is 1.48. The van der Waals surface area contributed by atoms with Crippen LogP contribution in [-0.4, -0.2) is 62.5 Å². The Morgan fingerprint density at radius 1 is 0.939 bits per heavy atom. The summed E-state index contributed by atoms with van der Waals surface area (Å²) in [5.41, 5.74) is 3.94. The highest BCUT2D eigenvalue weighted by Crippen LogP contribution is 2.32. The number of anilines is 1. The predicted molar refractivity (Wildman–Crippen MR) is 128 cm³/mol. The number of carbonyl (C=O) groups excluding carboxylic acids is 3. The van der Waals surface area contributed by atoms with E-state index in [2.05, 4.69) is 53.9 Å². The van der Waals surface area contributed by atoms with Crippen LogP contribution in [0.5, 0.6) is 0 Å². The van der Waals surface area contributed by atoms with Crippen LogP contribution in [0.2, 0.25) is 0 Å². The van der Waals surface area contributed by atoms with Gasteiger partial charge in [-0.05, 0) is 41.2 Å². The van der Waals surface area contributed by atoms with Crippen LogP contribution in [0.15, 0.2) is 48.5 Å². The number of hydrogen-bond donors (Lipinski definition) is 1. The minimum Gasteiger partial charge on any atom is -0.465 e. The summed E-state index contributed by atoms with van der Waals surface area (Å²) in [5.74, 6) is -1.45. The first-order valence-electron chi connectivity index (χ1n) is 11.3. The number of amides is 2. The van der Waals surface area contributed by atoms with Gasteiger partial charge < -0.3 is 19.9 Å². The number of methoxy groups -OCH3 is 1. The third kappa shape index (κ3) is 6.12. The first-order valence-corrected chi connectivity index (χ1v) is 11.3. The van der Waals surface area contributed by atoms with Gasteiger partial charge in [0.2, 0.25) is 0 Å². The molecule has 0 bridgehead atoms. The van der Waals surface area contributed by atoms with Gasteiger partial charge in [-0.2, -0.15) is 0 Å². The van der Waals surface area contributed by atoms with Crippen molar-refractivity contribution in [2.24, 2.45) is 0 Å². The Morgan fingerprint density at radius 2 is 1.58 bits per heavy atom. The molecule has 1 aliphatic rings. The van der Waals surface area contributed by atoms with Crippen molar-refractivity contribution in [1.29, 1.82) is 0 Å². The number of carbonyl (C=O) groups is 3. The standard InChI is InChI=1S/C26H33N3O4/c1-26(2,3)21-7-5-6-8-22(21)28-15-17-29(18-16-28)24(31)23(30)27-14-13-19-9-11-20(12-10-19)25(32)33-4/h5-12H,13-18H2,1-4H3,(H,27,30). The van der Waals surface area contributed by atoms with Gasteiger partial charge in [0.15, 0.2) is 0 Å². The third-order valence-corrected chi connectivity index (χ3v) is 5.89. The van der Waals surface area contributed by atoms with E-state index >= 15 is 0 Å². The van der Waals surface area contributed by atoms with E-state index in [4.69, 9.17) is 0 Å². The molecule has 176 valence electrons. The molecular weight excluding hydrogens is 418 g/mol. The number of esters is 1. The lowest BCUT2D eigenvalue weighted by molar-refractivity contribution is -0.146. The van der Waals surface area contributed by atoms with Crippen molar-refractivity contribution in [3.05, 3.63) is 65.2 Å². The molecule has 2 aromatic carbocycles. The third-order valence-electron chi connectivity index (χ3n) is 5.89. The van der Waals surface area contributed by atoms with Crippen molar-refractivity contribution in [2.45, 2.75) is 32.6 Å². The van der Waals surface area contributed by atoms with E-state index in [0.717, 1.165) is 5.56 Å². The van der Waals surface area contributed by atoms with Crippen LogP contribution < -0.4 is 10.2 Å². The molecular formula is C26H33N3O4. The zero-order valence-corrected chi connectivity index (χ0v) is 19.9. The van der Waals surface area contributed by atoms with E-state index in [1.165, 1.54) is 18.4 Å². The zero-order valence-electron chi connectivity index (χ0n) is 19.9. The summed E-state index contributed by atoms with van der Waals surface area (Å²) in [7, 11) is 1.34. The zero-order chi connectivity index (χ0) is 24.0. The van der Waals surface area contributed by atoms with Gasteiger partial charge in [-0.25, -0.2) is 4.79 Å². The summed E-state index contributed by atoms with van der Waals surface area (Å²) < 4.78 is 4.68. The average Bonchev–Trinajstić information content (AvgIpc) is 2.83. The molecule has 2 amide bonds. The van der Waals surface area contributed by atoms with Crippen molar-refractivity contribution in [2.75, 3.05) is 44.7 Å². The molecule has 1 fully saturated rings. The molecule has 1 heterocycles. The van der Waals surface area contributed by atoms with Gasteiger partial charge in [-0.1, -0.05) is 51.1 Å². The number of hydrogen-bond acceptors (Lipinski definition) is 5. The molecule has 0 spiro atoms. The first kappa shape index (κ1) is 24.3. The lowest BCUT2D eigenvalue weighted by atomic mass is 9.85. The lowest BCUT2D eigenvalue weighted by Crippen LogP contribution is -2.53. The Hall–Kier alpha value is -3.35. The van der Waals surface area contributed by atoms with Gasteiger partial charge in [-0.3, -0.25) is 9.59 Å². The van der Waals surface area contributed by atoms with Gasteiger partial charge >= 0.3 is 17.8 Å². The maximum Gasteiger partial charge on any atom is 0.337 e. The first-order chi connectivity index (χ1) is 15.7. The van der Waals surface area contributed by atoms with Crippen LogP contribution in [0.25, 0.3) is 0 Å². The van der Waals surface area contributed by atoms with Crippen LogP contribution in [0.1, 0.15) is 42.3 Å². The van der Waals surface area contributed by atoms with Crippen molar-refractivity contribution in [3.63, 3.8) is 0 Å². The molecule has 0 aromatic heterocycles. The Kier molecular flexibility index (Phi) is 7.74. The van der Waals surface area contributed by atoms with Crippen LogP contribution in [0, 0.1) is 0 Å². The van der Waals surface area contributed by atoms with E-state index in [1.54, 1.807) is 17.0 Å². The van der Waals surface area contributed by atoms with Gasteiger partial charge in [0.1, 0.15) is 0 Å². The number of piperazine rings is 1. The quantitative estimate of drug-likeness (QED) is 0.559. The van der Waals surface area contributed by atoms with Gasteiger partial charge in [0.05, 0.1) is 12.7 Å². The topological polar surface area (TPSA) is 78.9 Å². The van der Waals surface area contributed by atoms with E-state index in [-0.39, 0.29) is 11.4 Å². The van der Waals surface area contributed by atoms with Gasteiger partial charge in [0, 0.05) is 38.4 Å². The van der Waals surface area contributed by atoms with E-state index in [9.17, 15) is 14.4 Å². The second kappa shape index (κ2) is 10.5. The Labute approximate surface area is 195 Å². The maximum atomic E-state index is 12.6. The molecule has 1 saturated heterocycles. The van der Waals surface area contributed by atoms with Crippen LogP contribution in [-0.2, 0) is 26.2 Å². The molecule has 0 aliphatic carbocycles. The molecule has 0 atom stereocenters. The van der Waals surface area contributed by atoms with Gasteiger partial charge in [0.25, 0.3) is 0 Å². The number of nitrogens with zero attached hydrogens (tertiary/aromatic N) is 2. The molecule has 7 nitrogen and oxygen atoms in total. The summed E-state index contributed by atoms with van der Waals surface area (Å²) in [6.07, 6.45) is 0.567. The summed E-state index contributed by atoms with van der Waals surface area (Å²) in [5, 5.41) is 2.71. The van der Waals surface area contributed by atoms with Crippen LogP contribution in [0.3, 0.4) is 0 Å². The normalized spacial score (nSPS) is 14.1. The monoisotopic (exact) mass is 451 g/mol. The fraction of sp³-hybridized carbons (Fsp3) is 0.423. The summed E-state index contributed by atoms with van der Waals surface area (Å²) in [6, 6.07) is 15.4. The minimum absolute atomic E-state index is 0.0308. The summed E-state index contributed by atoms with van der Waals surface area (Å²) in [4.78, 5) is 40.4. The van der Waals surface area contributed by atoms with Crippen molar-refractivity contribution in [3.8, 4) is 0 Å². The molecule has 0 saturated carbocycles. The van der Waals surface area contributed by atoms with E-state index in [0.29, 0.717) is 44.7 Å². The van der Waals surface area contributed by atoms with Crippen LogP contribution >= 0.6 is 0 Å². The molecule has 7 heteroatoms.